The summed E-state index contributed by atoms with van der Waals surface area (Å²) in [5.41, 5.74) is 5.58. The molecule has 0 bridgehead atoms. The first-order chi connectivity index (χ1) is 8.71. The molecule has 0 aromatic heterocycles. The summed E-state index contributed by atoms with van der Waals surface area (Å²) in [4.78, 5) is 14.1. The summed E-state index contributed by atoms with van der Waals surface area (Å²) in [5.74, 6) is 0.884. The second-order valence-corrected chi connectivity index (χ2v) is 5.13. The maximum atomic E-state index is 12.1. The van der Waals surface area contributed by atoms with Crippen molar-refractivity contribution in [3.63, 3.8) is 0 Å². The average molecular weight is 256 g/mol. The van der Waals surface area contributed by atoms with Crippen molar-refractivity contribution in [2.24, 2.45) is 11.7 Å². The molecule has 1 saturated heterocycles. The van der Waals surface area contributed by atoms with Gasteiger partial charge in [0, 0.05) is 19.5 Å². The summed E-state index contributed by atoms with van der Waals surface area (Å²) in [5, 5.41) is 0. The Morgan fingerprint density at radius 2 is 2.22 bits per heavy atom. The number of ether oxygens (including phenoxy) is 1. The smallest absolute Gasteiger partial charge is 0.222 e. The quantitative estimate of drug-likeness (QED) is 0.755. The number of morpholine rings is 1. The van der Waals surface area contributed by atoms with Crippen LogP contribution >= 0.6 is 0 Å². The lowest BCUT2D eigenvalue weighted by molar-refractivity contribution is -0.139. The minimum Gasteiger partial charge on any atom is -0.375 e. The summed E-state index contributed by atoms with van der Waals surface area (Å²) in [6.45, 7) is 7.21. The molecule has 2 atom stereocenters. The second-order valence-electron chi connectivity index (χ2n) is 5.13. The Morgan fingerprint density at radius 3 is 2.83 bits per heavy atom. The highest BCUT2D eigenvalue weighted by atomic mass is 16.5. The Labute approximate surface area is 111 Å². The first kappa shape index (κ1) is 15.4. The highest BCUT2D eigenvalue weighted by Crippen LogP contribution is 2.17. The molecule has 1 fully saturated rings. The van der Waals surface area contributed by atoms with Crippen molar-refractivity contribution >= 4 is 5.91 Å². The number of hydrogen-bond acceptors (Lipinski definition) is 3. The number of carbonyl (C=O) groups excluding carboxylic acids is 1. The lowest BCUT2D eigenvalue weighted by Crippen LogP contribution is -2.45. The van der Waals surface area contributed by atoms with E-state index >= 15 is 0 Å². The van der Waals surface area contributed by atoms with E-state index in [0.29, 0.717) is 18.9 Å². The summed E-state index contributed by atoms with van der Waals surface area (Å²) >= 11 is 0. The van der Waals surface area contributed by atoms with E-state index < -0.39 is 0 Å². The first-order valence-corrected chi connectivity index (χ1v) is 7.30. The Hall–Kier alpha value is -0.610. The fourth-order valence-corrected chi connectivity index (χ4v) is 2.47. The zero-order chi connectivity index (χ0) is 13.4. The zero-order valence-corrected chi connectivity index (χ0v) is 11.9. The maximum Gasteiger partial charge on any atom is 0.222 e. The predicted molar refractivity (Wildman–Crippen MR) is 73.3 cm³/mol. The molecule has 0 aromatic carbocycles. The molecule has 0 aromatic rings. The molecule has 1 rings (SSSR count). The molecule has 2 N–H and O–H groups in total. The van der Waals surface area contributed by atoms with Crippen LogP contribution in [0.15, 0.2) is 0 Å². The summed E-state index contributed by atoms with van der Waals surface area (Å²) in [7, 11) is 0. The van der Waals surface area contributed by atoms with Crippen molar-refractivity contribution in [3.8, 4) is 0 Å². The van der Waals surface area contributed by atoms with Crippen LogP contribution in [0.3, 0.4) is 0 Å². The van der Waals surface area contributed by atoms with Crippen LogP contribution in [0.2, 0.25) is 0 Å². The molecular weight excluding hydrogens is 228 g/mol. The Morgan fingerprint density at radius 1 is 1.44 bits per heavy atom. The average Bonchev–Trinajstić information content (AvgIpc) is 2.43. The van der Waals surface area contributed by atoms with Crippen LogP contribution < -0.4 is 5.73 Å². The van der Waals surface area contributed by atoms with E-state index in [0.717, 1.165) is 45.3 Å². The van der Waals surface area contributed by atoms with E-state index in [-0.39, 0.29) is 12.0 Å². The third-order valence-electron chi connectivity index (χ3n) is 3.87. The van der Waals surface area contributed by atoms with E-state index in [9.17, 15) is 4.79 Å². The summed E-state index contributed by atoms with van der Waals surface area (Å²) in [6, 6.07) is 0. The van der Waals surface area contributed by atoms with Gasteiger partial charge in [-0.3, -0.25) is 4.79 Å². The maximum absolute atomic E-state index is 12.1. The SMILES string of the molecule is CCC(CCN)CCC(=O)N1CCOC(CC)C1. The monoisotopic (exact) mass is 256 g/mol. The van der Waals surface area contributed by atoms with Gasteiger partial charge >= 0.3 is 0 Å². The number of nitrogens with two attached hydrogens (primary N) is 1. The van der Waals surface area contributed by atoms with Crippen LogP contribution in [0.1, 0.15) is 46.0 Å². The highest BCUT2D eigenvalue weighted by molar-refractivity contribution is 5.76. The van der Waals surface area contributed by atoms with Gasteiger partial charge in [0.1, 0.15) is 0 Å². The van der Waals surface area contributed by atoms with Gasteiger partial charge in [0.05, 0.1) is 12.7 Å². The largest absolute Gasteiger partial charge is 0.375 e. The minimum atomic E-state index is 0.230. The van der Waals surface area contributed by atoms with Gasteiger partial charge in [-0.2, -0.15) is 0 Å². The van der Waals surface area contributed by atoms with E-state index in [2.05, 4.69) is 13.8 Å². The van der Waals surface area contributed by atoms with Crippen LogP contribution in [0.25, 0.3) is 0 Å². The topological polar surface area (TPSA) is 55.6 Å². The van der Waals surface area contributed by atoms with Crippen molar-refractivity contribution in [1.82, 2.24) is 4.90 Å². The third-order valence-corrected chi connectivity index (χ3v) is 3.87. The standard InChI is InChI=1S/C14H28N2O2/c1-3-12(7-8-15)5-6-14(17)16-9-10-18-13(4-2)11-16/h12-13H,3-11,15H2,1-2H3. The van der Waals surface area contributed by atoms with Crippen LogP contribution in [-0.4, -0.2) is 43.2 Å². The molecule has 0 radical (unpaired) electrons. The molecule has 0 saturated carbocycles. The third kappa shape index (κ3) is 4.94. The molecule has 106 valence electrons. The first-order valence-electron chi connectivity index (χ1n) is 7.30. The molecule has 1 aliphatic heterocycles. The van der Waals surface area contributed by atoms with E-state index in [1.54, 1.807) is 0 Å². The van der Waals surface area contributed by atoms with Crippen LogP contribution in [0.5, 0.6) is 0 Å². The Kier molecular flexibility index (Phi) is 7.28. The minimum absolute atomic E-state index is 0.230. The van der Waals surface area contributed by atoms with Gasteiger partial charge in [-0.15, -0.1) is 0 Å². The van der Waals surface area contributed by atoms with Crippen molar-refractivity contribution in [1.29, 1.82) is 0 Å². The fourth-order valence-electron chi connectivity index (χ4n) is 2.47. The molecular formula is C14H28N2O2. The molecule has 1 heterocycles. The molecule has 4 heteroatoms. The van der Waals surface area contributed by atoms with Crippen LogP contribution in [0, 0.1) is 5.92 Å². The molecule has 0 aliphatic carbocycles. The van der Waals surface area contributed by atoms with Gasteiger partial charge in [0.15, 0.2) is 0 Å². The number of amides is 1. The van der Waals surface area contributed by atoms with Gasteiger partial charge in [0.25, 0.3) is 0 Å². The van der Waals surface area contributed by atoms with E-state index in [1.807, 2.05) is 4.90 Å². The van der Waals surface area contributed by atoms with Gasteiger partial charge in [-0.1, -0.05) is 20.3 Å². The predicted octanol–water partition coefficient (Wildman–Crippen LogP) is 1.78. The molecule has 4 nitrogen and oxygen atoms in total. The lowest BCUT2D eigenvalue weighted by Gasteiger charge is -2.32. The van der Waals surface area contributed by atoms with Crippen molar-refractivity contribution in [2.75, 3.05) is 26.2 Å². The van der Waals surface area contributed by atoms with Crippen molar-refractivity contribution < 1.29 is 9.53 Å². The van der Waals surface area contributed by atoms with Crippen LogP contribution in [0.4, 0.5) is 0 Å². The Bertz CT molecular complexity index is 246. The van der Waals surface area contributed by atoms with Gasteiger partial charge in [-0.05, 0) is 31.7 Å². The number of hydrogen-bond donors (Lipinski definition) is 1. The van der Waals surface area contributed by atoms with Crippen LogP contribution in [-0.2, 0) is 9.53 Å². The van der Waals surface area contributed by atoms with Gasteiger partial charge in [-0.25, -0.2) is 0 Å². The summed E-state index contributed by atoms with van der Waals surface area (Å²) < 4.78 is 5.58. The number of nitrogens with zero attached hydrogens (tertiary/aromatic N) is 1. The molecule has 1 aliphatic rings. The Balaban J connectivity index is 2.31. The molecule has 0 spiro atoms. The summed E-state index contributed by atoms with van der Waals surface area (Å²) in [6.07, 6.45) is 4.99. The van der Waals surface area contributed by atoms with E-state index in [4.69, 9.17) is 10.5 Å². The van der Waals surface area contributed by atoms with Crippen molar-refractivity contribution in [2.45, 2.75) is 52.1 Å². The normalized spacial score (nSPS) is 21.9. The highest BCUT2D eigenvalue weighted by Gasteiger charge is 2.23. The van der Waals surface area contributed by atoms with Gasteiger partial charge < -0.3 is 15.4 Å². The number of rotatable bonds is 7. The molecule has 2 unspecified atom stereocenters. The van der Waals surface area contributed by atoms with Gasteiger partial charge in [0.2, 0.25) is 5.91 Å². The zero-order valence-electron chi connectivity index (χ0n) is 11.9. The second kappa shape index (κ2) is 8.48. The molecule has 18 heavy (non-hydrogen) atoms. The lowest BCUT2D eigenvalue weighted by atomic mass is 9.96. The fraction of sp³-hybridized carbons (Fsp3) is 0.929. The van der Waals surface area contributed by atoms with E-state index in [1.165, 1.54) is 0 Å². The van der Waals surface area contributed by atoms with Crippen molar-refractivity contribution in [3.05, 3.63) is 0 Å². The molecule has 1 amide bonds. The number of carbonyl (C=O) groups is 1.